The number of esters is 1. The van der Waals surface area contributed by atoms with Crippen LogP contribution in [0.3, 0.4) is 0 Å². The van der Waals surface area contributed by atoms with E-state index in [9.17, 15) is 10.1 Å². The first-order valence-electron chi connectivity index (χ1n) is 8.30. The van der Waals surface area contributed by atoms with Crippen molar-refractivity contribution in [2.24, 2.45) is 0 Å². The van der Waals surface area contributed by atoms with E-state index in [4.69, 9.17) is 4.74 Å². The zero-order valence-electron chi connectivity index (χ0n) is 13.8. The van der Waals surface area contributed by atoms with Gasteiger partial charge in [0.25, 0.3) is 0 Å². The minimum absolute atomic E-state index is 0.286. The van der Waals surface area contributed by atoms with Crippen LogP contribution in [0.5, 0.6) is 0 Å². The maximum absolute atomic E-state index is 11.6. The second kappa shape index (κ2) is 6.84. The molecule has 2 aromatic rings. The molecule has 4 nitrogen and oxygen atoms in total. The predicted octanol–water partition coefficient (Wildman–Crippen LogP) is 4.06. The number of hydrogen-bond donors (Lipinski definition) is 0. The Labute approximate surface area is 141 Å². The number of nitrogens with zero attached hydrogens (tertiary/aromatic N) is 2. The fraction of sp³-hybridized carbons (Fsp3) is 0.350. The monoisotopic (exact) mass is 320 g/mol. The molecule has 1 aromatic carbocycles. The summed E-state index contributed by atoms with van der Waals surface area (Å²) in [6.45, 7) is 2.18. The average molecular weight is 320 g/mol. The van der Waals surface area contributed by atoms with E-state index in [0.29, 0.717) is 19.4 Å². The molecule has 4 heteroatoms. The summed E-state index contributed by atoms with van der Waals surface area (Å²) >= 11 is 0. The Hall–Kier alpha value is -2.67. The van der Waals surface area contributed by atoms with Crippen molar-refractivity contribution in [3.05, 3.63) is 53.7 Å². The summed E-state index contributed by atoms with van der Waals surface area (Å²) in [5.74, 6) is -0.286. The average Bonchev–Trinajstić information content (AvgIpc) is 2.62. The van der Waals surface area contributed by atoms with Gasteiger partial charge in [-0.15, -0.1) is 0 Å². The van der Waals surface area contributed by atoms with Crippen LogP contribution < -0.4 is 0 Å². The molecule has 0 aliphatic heterocycles. The Bertz CT molecular complexity index is 818. The SMILES string of the molecule is CCOC(=O)C=C1CCC(C#N)(c2ccnc3ccccc23)CC1. The van der Waals surface area contributed by atoms with Gasteiger partial charge in [0.15, 0.2) is 0 Å². The second-order valence-corrected chi connectivity index (χ2v) is 6.12. The lowest BCUT2D eigenvalue weighted by Crippen LogP contribution is -2.28. The summed E-state index contributed by atoms with van der Waals surface area (Å²) in [5.41, 5.74) is 2.51. The van der Waals surface area contributed by atoms with Crippen LogP contribution in [0.2, 0.25) is 0 Å². The van der Waals surface area contributed by atoms with Crippen molar-refractivity contribution in [3.8, 4) is 6.07 Å². The molecule has 0 N–H and O–H groups in total. The summed E-state index contributed by atoms with van der Waals surface area (Å²) in [6, 6.07) is 12.5. The largest absolute Gasteiger partial charge is 0.463 e. The second-order valence-electron chi connectivity index (χ2n) is 6.12. The Morgan fingerprint density at radius 1 is 1.33 bits per heavy atom. The highest BCUT2D eigenvalue weighted by molar-refractivity contribution is 5.84. The van der Waals surface area contributed by atoms with E-state index in [1.807, 2.05) is 30.3 Å². The molecule has 1 heterocycles. The van der Waals surface area contributed by atoms with Crippen molar-refractivity contribution < 1.29 is 9.53 Å². The molecule has 0 bridgehead atoms. The first-order chi connectivity index (χ1) is 11.7. The van der Waals surface area contributed by atoms with Crippen molar-refractivity contribution in [1.29, 1.82) is 5.26 Å². The normalized spacial score (nSPS) is 20.4. The highest BCUT2D eigenvalue weighted by Gasteiger charge is 2.36. The molecule has 1 aliphatic rings. The van der Waals surface area contributed by atoms with Crippen LogP contribution in [0.25, 0.3) is 10.9 Å². The molecule has 1 fully saturated rings. The standard InChI is InChI=1S/C20H20N2O2/c1-2-24-19(23)13-15-7-10-20(14-21,11-8-15)17-9-12-22-18-6-4-3-5-16(17)18/h3-6,9,12-13H,2,7-8,10-11H2,1H3. The van der Waals surface area contributed by atoms with Crippen molar-refractivity contribution in [1.82, 2.24) is 4.98 Å². The van der Waals surface area contributed by atoms with E-state index < -0.39 is 5.41 Å². The lowest BCUT2D eigenvalue weighted by molar-refractivity contribution is -0.137. The fourth-order valence-electron chi connectivity index (χ4n) is 3.45. The molecule has 1 aromatic heterocycles. The molecule has 122 valence electrons. The number of para-hydroxylation sites is 1. The summed E-state index contributed by atoms with van der Waals surface area (Å²) in [7, 11) is 0. The highest BCUT2D eigenvalue weighted by atomic mass is 16.5. The molecule has 3 rings (SSSR count). The number of allylic oxidation sites excluding steroid dienone is 1. The number of carbonyl (C=O) groups is 1. The predicted molar refractivity (Wildman–Crippen MR) is 92.2 cm³/mol. The van der Waals surface area contributed by atoms with E-state index in [-0.39, 0.29) is 5.97 Å². The van der Waals surface area contributed by atoms with Gasteiger partial charge >= 0.3 is 5.97 Å². The van der Waals surface area contributed by atoms with Crippen LogP contribution in [0, 0.1) is 11.3 Å². The van der Waals surface area contributed by atoms with Crippen LogP contribution in [0.15, 0.2) is 48.2 Å². The third-order valence-corrected chi connectivity index (χ3v) is 4.73. The lowest BCUT2D eigenvalue weighted by atomic mass is 9.68. The van der Waals surface area contributed by atoms with E-state index in [1.165, 1.54) is 0 Å². The van der Waals surface area contributed by atoms with E-state index in [0.717, 1.165) is 34.9 Å². The Morgan fingerprint density at radius 3 is 2.79 bits per heavy atom. The van der Waals surface area contributed by atoms with Crippen molar-refractivity contribution in [2.45, 2.75) is 38.0 Å². The smallest absolute Gasteiger partial charge is 0.330 e. The Morgan fingerprint density at radius 2 is 2.08 bits per heavy atom. The molecular formula is C20H20N2O2. The molecule has 0 saturated heterocycles. The molecular weight excluding hydrogens is 300 g/mol. The maximum Gasteiger partial charge on any atom is 0.330 e. The molecule has 0 radical (unpaired) electrons. The zero-order valence-corrected chi connectivity index (χ0v) is 13.8. The van der Waals surface area contributed by atoms with E-state index >= 15 is 0 Å². The van der Waals surface area contributed by atoms with Crippen LogP contribution in [-0.4, -0.2) is 17.6 Å². The molecule has 0 spiro atoms. The summed E-state index contributed by atoms with van der Waals surface area (Å²) in [5, 5.41) is 11.0. The first-order valence-corrected chi connectivity index (χ1v) is 8.30. The van der Waals surface area contributed by atoms with Crippen molar-refractivity contribution in [2.75, 3.05) is 6.61 Å². The number of aromatic nitrogens is 1. The minimum atomic E-state index is -0.519. The number of benzene rings is 1. The highest BCUT2D eigenvalue weighted by Crippen LogP contribution is 2.43. The topological polar surface area (TPSA) is 63.0 Å². The summed E-state index contributed by atoms with van der Waals surface area (Å²) in [4.78, 5) is 16.0. The van der Waals surface area contributed by atoms with Crippen LogP contribution >= 0.6 is 0 Å². The van der Waals surface area contributed by atoms with Gasteiger partial charge < -0.3 is 4.74 Å². The zero-order chi connectivity index (χ0) is 17.0. The van der Waals surface area contributed by atoms with E-state index in [2.05, 4.69) is 11.1 Å². The van der Waals surface area contributed by atoms with Gasteiger partial charge in [0.1, 0.15) is 0 Å². The number of fused-ring (bicyclic) bond motifs is 1. The van der Waals surface area contributed by atoms with Gasteiger partial charge in [-0.1, -0.05) is 23.8 Å². The molecule has 1 saturated carbocycles. The summed E-state index contributed by atoms with van der Waals surface area (Å²) < 4.78 is 4.98. The van der Waals surface area contributed by atoms with Gasteiger partial charge in [0.05, 0.1) is 23.6 Å². The first kappa shape index (κ1) is 16.2. The number of hydrogen-bond acceptors (Lipinski definition) is 4. The van der Waals surface area contributed by atoms with Crippen LogP contribution in [-0.2, 0) is 14.9 Å². The molecule has 0 amide bonds. The van der Waals surface area contributed by atoms with Crippen LogP contribution in [0.4, 0.5) is 0 Å². The molecule has 24 heavy (non-hydrogen) atoms. The molecule has 1 aliphatic carbocycles. The number of carbonyl (C=O) groups excluding carboxylic acids is 1. The number of pyridine rings is 1. The van der Waals surface area contributed by atoms with Gasteiger partial charge in [-0.2, -0.15) is 5.26 Å². The Kier molecular flexibility index (Phi) is 4.61. The van der Waals surface area contributed by atoms with Gasteiger partial charge in [0.2, 0.25) is 0 Å². The van der Waals surface area contributed by atoms with Gasteiger partial charge in [-0.25, -0.2) is 4.79 Å². The third-order valence-electron chi connectivity index (χ3n) is 4.73. The third kappa shape index (κ3) is 3.03. The summed E-state index contributed by atoms with van der Waals surface area (Å²) in [6.07, 6.45) is 6.27. The van der Waals surface area contributed by atoms with Crippen LogP contribution in [0.1, 0.15) is 38.2 Å². The maximum atomic E-state index is 11.6. The van der Waals surface area contributed by atoms with Gasteiger partial charge in [-0.05, 0) is 50.3 Å². The molecule has 0 unspecified atom stereocenters. The fourth-order valence-corrected chi connectivity index (χ4v) is 3.45. The lowest BCUT2D eigenvalue weighted by Gasteiger charge is -2.33. The van der Waals surface area contributed by atoms with E-state index in [1.54, 1.807) is 19.2 Å². The minimum Gasteiger partial charge on any atom is -0.463 e. The van der Waals surface area contributed by atoms with Crippen molar-refractivity contribution in [3.63, 3.8) is 0 Å². The number of ether oxygens (including phenoxy) is 1. The Balaban J connectivity index is 1.90. The quantitative estimate of drug-likeness (QED) is 0.632. The number of nitriles is 1. The van der Waals surface area contributed by atoms with Gasteiger partial charge in [-0.3, -0.25) is 4.98 Å². The van der Waals surface area contributed by atoms with Crippen molar-refractivity contribution >= 4 is 16.9 Å². The molecule has 0 atom stereocenters. The van der Waals surface area contributed by atoms with Gasteiger partial charge in [0, 0.05) is 17.7 Å². The number of rotatable bonds is 3.